The van der Waals surface area contributed by atoms with Gasteiger partial charge in [0.1, 0.15) is 29.9 Å². The van der Waals surface area contributed by atoms with E-state index in [0.29, 0.717) is 5.56 Å². The van der Waals surface area contributed by atoms with Crippen LogP contribution in [0.3, 0.4) is 0 Å². The Balaban J connectivity index is 1.74. The molecule has 0 radical (unpaired) electrons. The predicted molar refractivity (Wildman–Crippen MR) is 141 cm³/mol. The van der Waals surface area contributed by atoms with Crippen molar-refractivity contribution >= 4 is 23.3 Å². The summed E-state index contributed by atoms with van der Waals surface area (Å²) in [6.45, 7) is 2.96. The largest absolute Gasteiger partial charge is 0.351 e. The Morgan fingerprint density at radius 2 is 1.89 bits per heavy atom. The molecule has 2 amide bonds. The molecule has 1 fully saturated rings. The molecule has 2 aromatic carbocycles. The van der Waals surface area contributed by atoms with Crippen molar-refractivity contribution in [2.24, 2.45) is 0 Å². The number of carbonyl (C=O) groups is 2. The Kier molecular flexibility index (Phi) is 8.05. The molecule has 0 spiro atoms. The second-order valence-corrected chi connectivity index (χ2v) is 10.2. The highest BCUT2D eigenvalue weighted by Crippen LogP contribution is 2.32. The number of nitrogens with one attached hydrogen (secondary N) is 2. The summed E-state index contributed by atoms with van der Waals surface area (Å²) in [5.41, 5.74) is 0.0239. The zero-order valence-electron chi connectivity index (χ0n) is 21.3. The monoisotopic (exact) mass is 508 g/mol. The smallest absolute Gasteiger partial charge is 0.248 e. The van der Waals surface area contributed by atoms with E-state index in [9.17, 15) is 18.4 Å². The van der Waals surface area contributed by atoms with Crippen LogP contribution < -0.4 is 10.2 Å². The summed E-state index contributed by atoms with van der Waals surface area (Å²) in [5.74, 6) is -1.42. The second-order valence-electron chi connectivity index (χ2n) is 10.2. The van der Waals surface area contributed by atoms with E-state index in [4.69, 9.17) is 5.41 Å². The molecule has 1 aliphatic carbocycles. The minimum atomic E-state index is -1.66. The van der Waals surface area contributed by atoms with Gasteiger partial charge in [-0.25, -0.2) is 8.78 Å². The average molecular weight is 509 g/mol. The van der Waals surface area contributed by atoms with E-state index in [1.54, 1.807) is 12.1 Å². The molecule has 4 rings (SSSR count). The average Bonchev–Trinajstić information content (AvgIpc) is 2.85. The van der Waals surface area contributed by atoms with Crippen molar-refractivity contribution in [2.75, 3.05) is 11.4 Å². The molecule has 2 atom stereocenters. The van der Waals surface area contributed by atoms with Crippen LogP contribution in [0.4, 0.5) is 14.5 Å². The molecule has 6 nitrogen and oxygen atoms in total. The number of amides is 2. The summed E-state index contributed by atoms with van der Waals surface area (Å²) in [4.78, 5) is 30.5. The number of halogens is 2. The zero-order valence-corrected chi connectivity index (χ0v) is 21.3. The molecule has 2 unspecified atom stereocenters. The molecule has 0 saturated heterocycles. The van der Waals surface area contributed by atoms with Gasteiger partial charge in [-0.2, -0.15) is 0 Å². The van der Waals surface area contributed by atoms with Crippen LogP contribution in [0.25, 0.3) is 0 Å². The van der Waals surface area contributed by atoms with Crippen molar-refractivity contribution in [3.05, 3.63) is 77.8 Å². The lowest BCUT2D eigenvalue weighted by molar-refractivity contribution is -0.127. The molecule has 8 heteroatoms. The van der Waals surface area contributed by atoms with Crippen molar-refractivity contribution in [3.63, 3.8) is 0 Å². The van der Waals surface area contributed by atoms with E-state index in [1.807, 2.05) is 25.1 Å². The number of nitrogens with zero attached hydrogens (tertiary/aromatic N) is 2. The number of allylic oxidation sites excluding steroid dienone is 1. The normalized spacial score (nSPS) is 21.0. The lowest BCUT2D eigenvalue weighted by Gasteiger charge is -2.36. The third kappa shape index (κ3) is 6.42. The standard InChI is InChI=1S/C29H34F2N4O2/c1-20-9-6-7-14-24(20)27(28(37)33-22-11-4-3-5-12-22)35(23-13-8-10-21(30)17-23)26(36)19-34-16-15-29(2,31)18-25(34)32/h6-10,13-17,22,27,32H,3-5,11-12,18-19H2,1-2H3,(H,33,37). The minimum Gasteiger partial charge on any atom is -0.351 e. The first-order chi connectivity index (χ1) is 17.6. The van der Waals surface area contributed by atoms with Gasteiger partial charge in [0.25, 0.3) is 0 Å². The molecule has 1 saturated carbocycles. The van der Waals surface area contributed by atoms with Crippen LogP contribution in [0.1, 0.15) is 62.6 Å². The summed E-state index contributed by atoms with van der Waals surface area (Å²) in [6.07, 6.45) is 7.48. The number of hydrogen-bond donors (Lipinski definition) is 2. The number of aryl methyl sites for hydroxylation is 1. The Bertz CT molecular complexity index is 1190. The zero-order chi connectivity index (χ0) is 26.6. The van der Waals surface area contributed by atoms with Crippen molar-refractivity contribution in [1.82, 2.24) is 10.2 Å². The number of hydrogen-bond acceptors (Lipinski definition) is 3. The second kappa shape index (κ2) is 11.2. The van der Waals surface area contributed by atoms with E-state index in [-0.39, 0.29) is 36.4 Å². The highest BCUT2D eigenvalue weighted by molar-refractivity contribution is 6.03. The Morgan fingerprint density at radius 3 is 2.57 bits per heavy atom. The van der Waals surface area contributed by atoms with Gasteiger partial charge in [0.2, 0.25) is 11.8 Å². The molecule has 0 aromatic heterocycles. The summed E-state index contributed by atoms with van der Waals surface area (Å²) < 4.78 is 28.8. The molecule has 0 bridgehead atoms. The summed E-state index contributed by atoms with van der Waals surface area (Å²) in [7, 11) is 0. The maximum absolute atomic E-state index is 14.4. The van der Waals surface area contributed by atoms with Gasteiger partial charge in [-0.05, 0) is 62.1 Å². The van der Waals surface area contributed by atoms with Gasteiger partial charge in [-0.1, -0.05) is 49.6 Å². The Morgan fingerprint density at radius 1 is 1.16 bits per heavy atom. The molecule has 2 aromatic rings. The third-order valence-electron chi connectivity index (χ3n) is 7.06. The number of alkyl halides is 1. The summed E-state index contributed by atoms with van der Waals surface area (Å²) in [5, 5.41) is 11.4. The van der Waals surface area contributed by atoms with Gasteiger partial charge in [0.15, 0.2) is 0 Å². The summed E-state index contributed by atoms with van der Waals surface area (Å²) in [6, 6.07) is 11.9. The quantitative estimate of drug-likeness (QED) is 0.513. The van der Waals surface area contributed by atoms with Crippen LogP contribution in [0.2, 0.25) is 0 Å². The van der Waals surface area contributed by atoms with Crippen molar-refractivity contribution in [3.8, 4) is 0 Å². The first-order valence-electron chi connectivity index (χ1n) is 12.8. The minimum absolute atomic E-state index is 0.0117. The van der Waals surface area contributed by atoms with Crippen molar-refractivity contribution in [2.45, 2.75) is 70.1 Å². The lowest BCUT2D eigenvalue weighted by Crippen LogP contribution is -2.50. The molecular formula is C29H34F2N4O2. The SMILES string of the molecule is Cc1ccccc1C(C(=O)NC1CCCCC1)N(C(=O)CN1C=CC(C)(F)CC1=N)c1cccc(F)c1. The fraction of sp³-hybridized carbons (Fsp3) is 0.414. The molecular weight excluding hydrogens is 474 g/mol. The van der Waals surface area contributed by atoms with Gasteiger partial charge in [-0.3, -0.25) is 19.9 Å². The molecule has 1 aliphatic heterocycles. The summed E-state index contributed by atoms with van der Waals surface area (Å²) >= 11 is 0. The number of amidine groups is 1. The molecule has 1 heterocycles. The van der Waals surface area contributed by atoms with Gasteiger partial charge < -0.3 is 10.2 Å². The van der Waals surface area contributed by atoms with Gasteiger partial charge in [0.05, 0.1) is 0 Å². The van der Waals surface area contributed by atoms with Crippen LogP contribution in [0.5, 0.6) is 0 Å². The number of carbonyl (C=O) groups excluding carboxylic acids is 2. The third-order valence-corrected chi connectivity index (χ3v) is 7.06. The lowest BCUT2D eigenvalue weighted by atomic mass is 9.93. The maximum Gasteiger partial charge on any atom is 0.248 e. The van der Waals surface area contributed by atoms with E-state index >= 15 is 0 Å². The van der Waals surface area contributed by atoms with Crippen molar-refractivity contribution < 1.29 is 18.4 Å². The predicted octanol–water partition coefficient (Wildman–Crippen LogP) is 5.58. The molecule has 37 heavy (non-hydrogen) atoms. The van der Waals surface area contributed by atoms with Crippen LogP contribution >= 0.6 is 0 Å². The van der Waals surface area contributed by atoms with E-state index < -0.39 is 23.4 Å². The number of rotatable bonds is 7. The topological polar surface area (TPSA) is 76.5 Å². The molecule has 2 aliphatic rings. The fourth-order valence-corrected chi connectivity index (χ4v) is 5.07. The van der Waals surface area contributed by atoms with Crippen LogP contribution in [-0.4, -0.2) is 40.8 Å². The van der Waals surface area contributed by atoms with Crippen LogP contribution in [0.15, 0.2) is 60.8 Å². The highest BCUT2D eigenvalue weighted by atomic mass is 19.1. The van der Waals surface area contributed by atoms with Crippen LogP contribution in [0, 0.1) is 18.2 Å². The Labute approximate surface area is 216 Å². The van der Waals surface area contributed by atoms with Crippen molar-refractivity contribution in [1.29, 1.82) is 5.41 Å². The first kappa shape index (κ1) is 26.5. The number of anilines is 1. The molecule has 2 N–H and O–H groups in total. The number of benzene rings is 2. The first-order valence-corrected chi connectivity index (χ1v) is 12.8. The van der Waals surface area contributed by atoms with Gasteiger partial charge in [0, 0.05) is 24.4 Å². The van der Waals surface area contributed by atoms with E-state index in [2.05, 4.69) is 5.32 Å². The van der Waals surface area contributed by atoms with E-state index in [0.717, 1.165) is 37.7 Å². The van der Waals surface area contributed by atoms with Gasteiger partial charge >= 0.3 is 0 Å². The highest BCUT2D eigenvalue weighted by Gasteiger charge is 2.37. The maximum atomic E-state index is 14.4. The van der Waals surface area contributed by atoms with E-state index in [1.165, 1.54) is 47.2 Å². The fourth-order valence-electron chi connectivity index (χ4n) is 5.07. The Hall–Kier alpha value is -3.55. The van der Waals surface area contributed by atoms with Crippen LogP contribution in [-0.2, 0) is 9.59 Å². The van der Waals surface area contributed by atoms with Gasteiger partial charge in [-0.15, -0.1) is 0 Å². The molecule has 196 valence electrons.